The van der Waals surface area contributed by atoms with Crippen LogP contribution in [0.4, 0.5) is 0 Å². The number of aromatic nitrogens is 1. The molecule has 0 saturated heterocycles. The van der Waals surface area contributed by atoms with Gasteiger partial charge >= 0.3 is 0 Å². The third-order valence-electron chi connectivity index (χ3n) is 7.46. The van der Waals surface area contributed by atoms with Crippen LogP contribution in [0.5, 0.6) is 11.6 Å². The van der Waals surface area contributed by atoms with Gasteiger partial charge in [0, 0.05) is 17.5 Å². The summed E-state index contributed by atoms with van der Waals surface area (Å²) in [6.07, 6.45) is 3.70. The molecule has 0 radical (unpaired) electrons. The van der Waals surface area contributed by atoms with E-state index in [0.717, 1.165) is 30.4 Å². The SMILES string of the molecule is CCc1ccc(Oc2ncc(Cl)cc2Cl)cc1C1C(=O)[C@@H]2CC[C@](C)(C1=O)C2(C)C. The molecule has 0 N–H and O–H groups in total. The second-order valence-electron chi connectivity index (χ2n) is 9.10. The molecule has 30 heavy (non-hydrogen) atoms. The van der Waals surface area contributed by atoms with E-state index in [1.807, 2.05) is 26.0 Å². The molecular weight excluding hydrogens is 421 g/mol. The Bertz CT molecular complexity index is 1050. The van der Waals surface area contributed by atoms with Crippen LogP contribution in [0.15, 0.2) is 30.5 Å². The first-order valence-corrected chi connectivity index (χ1v) is 11.1. The van der Waals surface area contributed by atoms with Gasteiger partial charge in [0.05, 0.1) is 5.02 Å². The summed E-state index contributed by atoms with van der Waals surface area (Å²) in [5, 5.41) is 0.708. The number of benzene rings is 1. The summed E-state index contributed by atoms with van der Waals surface area (Å²) >= 11 is 12.1. The topological polar surface area (TPSA) is 56.3 Å². The van der Waals surface area contributed by atoms with Crippen LogP contribution >= 0.6 is 23.2 Å². The molecule has 2 aliphatic rings. The number of aryl methyl sites for hydroxylation is 1. The Morgan fingerprint density at radius 1 is 1.17 bits per heavy atom. The fourth-order valence-corrected chi connectivity index (χ4v) is 5.62. The Kier molecular flexibility index (Phi) is 5.22. The lowest BCUT2D eigenvalue weighted by Crippen LogP contribution is -2.52. The number of pyridine rings is 1. The van der Waals surface area contributed by atoms with Gasteiger partial charge in [-0.2, -0.15) is 0 Å². The van der Waals surface area contributed by atoms with Crippen molar-refractivity contribution in [3.05, 3.63) is 51.6 Å². The van der Waals surface area contributed by atoms with E-state index in [4.69, 9.17) is 27.9 Å². The van der Waals surface area contributed by atoms with Gasteiger partial charge in [-0.1, -0.05) is 57.0 Å². The highest BCUT2D eigenvalue weighted by Crippen LogP contribution is 2.62. The Morgan fingerprint density at radius 3 is 2.57 bits per heavy atom. The van der Waals surface area contributed by atoms with Crippen molar-refractivity contribution in [3.8, 4) is 11.6 Å². The van der Waals surface area contributed by atoms with Gasteiger partial charge in [-0.15, -0.1) is 0 Å². The lowest BCUT2D eigenvalue weighted by Gasteiger charge is -2.46. The molecule has 4 rings (SSSR count). The maximum atomic E-state index is 13.7. The number of hydrogen-bond acceptors (Lipinski definition) is 4. The van der Waals surface area contributed by atoms with Gasteiger partial charge in [0.15, 0.2) is 11.6 Å². The van der Waals surface area contributed by atoms with Gasteiger partial charge in [0.25, 0.3) is 0 Å². The highest BCUT2D eigenvalue weighted by Gasteiger charge is 2.64. The average molecular weight is 446 g/mol. The van der Waals surface area contributed by atoms with E-state index in [0.29, 0.717) is 15.8 Å². The molecule has 2 saturated carbocycles. The number of Topliss-reactive ketones (excluding diaryl/α,β-unsaturated/α-hetero) is 2. The fraction of sp³-hybridized carbons (Fsp3) is 0.458. The van der Waals surface area contributed by atoms with Gasteiger partial charge in [-0.3, -0.25) is 9.59 Å². The first kappa shape index (κ1) is 21.3. The molecule has 2 aliphatic carbocycles. The number of ketones is 2. The van der Waals surface area contributed by atoms with Crippen molar-refractivity contribution < 1.29 is 14.3 Å². The van der Waals surface area contributed by atoms with Crippen LogP contribution in [0.25, 0.3) is 0 Å². The van der Waals surface area contributed by atoms with Gasteiger partial charge in [-0.25, -0.2) is 4.98 Å². The molecule has 6 heteroatoms. The van der Waals surface area contributed by atoms with Gasteiger partial charge < -0.3 is 4.74 Å². The number of carbonyl (C=O) groups is 2. The van der Waals surface area contributed by atoms with Gasteiger partial charge in [0.1, 0.15) is 16.7 Å². The third-order valence-corrected chi connectivity index (χ3v) is 7.94. The van der Waals surface area contributed by atoms with Crippen molar-refractivity contribution in [3.63, 3.8) is 0 Å². The van der Waals surface area contributed by atoms with Crippen LogP contribution in [-0.4, -0.2) is 16.6 Å². The Hall–Kier alpha value is -1.91. The number of halogens is 2. The predicted octanol–water partition coefficient (Wildman–Crippen LogP) is 6.42. The highest BCUT2D eigenvalue weighted by atomic mass is 35.5. The molecule has 158 valence electrons. The van der Waals surface area contributed by atoms with E-state index in [9.17, 15) is 9.59 Å². The monoisotopic (exact) mass is 445 g/mol. The molecule has 2 aromatic rings. The molecular formula is C24H25Cl2NO3. The van der Waals surface area contributed by atoms with E-state index in [-0.39, 0.29) is 28.8 Å². The number of hydrogen-bond donors (Lipinski definition) is 0. The molecule has 0 spiro atoms. The second kappa shape index (κ2) is 7.35. The number of carbonyl (C=O) groups excluding carboxylic acids is 2. The fourth-order valence-electron chi connectivity index (χ4n) is 5.20. The second-order valence-corrected chi connectivity index (χ2v) is 9.95. The zero-order valence-electron chi connectivity index (χ0n) is 17.6. The van der Waals surface area contributed by atoms with Crippen molar-refractivity contribution in [1.82, 2.24) is 4.98 Å². The Labute approximate surface area is 186 Å². The molecule has 1 aromatic heterocycles. The summed E-state index contributed by atoms with van der Waals surface area (Å²) in [5.41, 5.74) is 0.897. The number of ether oxygens (including phenoxy) is 1. The summed E-state index contributed by atoms with van der Waals surface area (Å²) in [6.45, 7) is 8.17. The van der Waals surface area contributed by atoms with Crippen molar-refractivity contribution >= 4 is 34.8 Å². The lowest BCUT2D eigenvalue weighted by atomic mass is 9.54. The smallest absolute Gasteiger partial charge is 0.238 e. The summed E-state index contributed by atoms with van der Waals surface area (Å²) in [7, 11) is 0. The van der Waals surface area contributed by atoms with Crippen LogP contribution in [0.3, 0.4) is 0 Å². The molecule has 2 fully saturated rings. The van der Waals surface area contributed by atoms with Gasteiger partial charge in [0.2, 0.25) is 5.88 Å². The van der Waals surface area contributed by atoms with Crippen LogP contribution in [-0.2, 0) is 16.0 Å². The van der Waals surface area contributed by atoms with Crippen molar-refractivity contribution in [1.29, 1.82) is 0 Å². The zero-order valence-corrected chi connectivity index (χ0v) is 19.1. The minimum atomic E-state index is -0.748. The zero-order chi connectivity index (χ0) is 21.8. The third kappa shape index (κ3) is 3.07. The Balaban J connectivity index is 1.76. The standard InChI is InChI=1S/C24H25Cl2NO3/c1-5-13-6-7-15(30-22-18(26)10-14(25)12-27-22)11-16(13)19-20(28)17-8-9-24(4,21(19)29)23(17,2)3/h6-7,10-12,17,19H,5,8-9H2,1-4H3/t17-,19?,24+/m0/s1. The minimum Gasteiger partial charge on any atom is -0.438 e. The minimum absolute atomic E-state index is 0.0285. The first-order valence-electron chi connectivity index (χ1n) is 10.3. The van der Waals surface area contributed by atoms with Crippen LogP contribution in [0.2, 0.25) is 10.0 Å². The van der Waals surface area contributed by atoms with Crippen molar-refractivity contribution in [2.75, 3.05) is 0 Å². The molecule has 1 unspecified atom stereocenters. The van der Waals surface area contributed by atoms with E-state index in [1.54, 1.807) is 12.1 Å². The number of rotatable bonds is 4. The largest absolute Gasteiger partial charge is 0.438 e. The summed E-state index contributed by atoms with van der Waals surface area (Å²) in [4.78, 5) is 31.3. The molecule has 4 nitrogen and oxygen atoms in total. The number of nitrogens with zero attached hydrogens (tertiary/aromatic N) is 1. The molecule has 3 atom stereocenters. The summed E-state index contributed by atoms with van der Waals surface area (Å²) < 4.78 is 5.88. The van der Waals surface area contributed by atoms with Crippen LogP contribution < -0.4 is 4.74 Å². The van der Waals surface area contributed by atoms with Crippen LogP contribution in [0.1, 0.15) is 57.6 Å². The van der Waals surface area contributed by atoms with E-state index < -0.39 is 11.3 Å². The first-order chi connectivity index (χ1) is 14.1. The maximum Gasteiger partial charge on any atom is 0.238 e. The summed E-state index contributed by atoms with van der Waals surface area (Å²) in [6, 6.07) is 7.08. The molecule has 1 aromatic carbocycles. The van der Waals surface area contributed by atoms with Crippen molar-refractivity contribution in [2.45, 2.75) is 52.9 Å². The molecule has 0 aliphatic heterocycles. The predicted molar refractivity (Wildman–Crippen MR) is 118 cm³/mol. The highest BCUT2D eigenvalue weighted by molar-refractivity contribution is 6.35. The van der Waals surface area contributed by atoms with Gasteiger partial charge in [-0.05, 0) is 54.0 Å². The number of fused-ring (bicyclic) bond motifs is 2. The molecule has 0 amide bonds. The van der Waals surface area contributed by atoms with Crippen molar-refractivity contribution in [2.24, 2.45) is 16.7 Å². The molecule has 1 heterocycles. The quantitative estimate of drug-likeness (QED) is 0.509. The van der Waals surface area contributed by atoms with E-state index >= 15 is 0 Å². The normalized spacial score (nSPS) is 27.4. The van der Waals surface area contributed by atoms with Crippen LogP contribution in [0, 0.1) is 16.7 Å². The average Bonchev–Trinajstić information content (AvgIpc) is 2.87. The van der Waals surface area contributed by atoms with E-state index in [2.05, 4.69) is 18.8 Å². The lowest BCUT2D eigenvalue weighted by molar-refractivity contribution is -0.149. The Morgan fingerprint density at radius 2 is 1.90 bits per heavy atom. The molecule has 2 bridgehead atoms. The van der Waals surface area contributed by atoms with E-state index in [1.165, 1.54) is 6.20 Å². The maximum absolute atomic E-state index is 13.7. The summed E-state index contributed by atoms with van der Waals surface area (Å²) in [5.74, 6) is -0.0719.